The Bertz CT molecular complexity index is 961. The van der Waals surface area contributed by atoms with Crippen molar-refractivity contribution in [3.63, 3.8) is 0 Å². The third-order valence-corrected chi connectivity index (χ3v) is 4.40. The molecule has 0 saturated carbocycles. The van der Waals surface area contributed by atoms with Gasteiger partial charge in [0.2, 0.25) is 5.91 Å². The van der Waals surface area contributed by atoms with Gasteiger partial charge in [-0.15, -0.1) is 0 Å². The van der Waals surface area contributed by atoms with Gasteiger partial charge in [-0.2, -0.15) is 13.2 Å². The molecule has 2 heterocycles. The van der Waals surface area contributed by atoms with Gasteiger partial charge >= 0.3 is 6.18 Å². The Labute approximate surface area is 168 Å². The van der Waals surface area contributed by atoms with Crippen molar-refractivity contribution in [2.75, 3.05) is 17.7 Å². The van der Waals surface area contributed by atoms with Gasteiger partial charge in [0.05, 0.1) is 18.6 Å². The first-order valence-corrected chi connectivity index (χ1v) is 9.49. The molecule has 0 atom stereocenters. The van der Waals surface area contributed by atoms with Crippen molar-refractivity contribution < 1.29 is 27.1 Å². The highest BCUT2D eigenvalue weighted by atomic mass is 32.2. The molecule has 3 rings (SSSR count). The van der Waals surface area contributed by atoms with Crippen LogP contribution in [0.2, 0.25) is 0 Å². The van der Waals surface area contributed by atoms with Crippen molar-refractivity contribution in [3.05, 3.63) is 54.4 Å². The number of furan rings is 1. The summed E-state index contributed by atoms with van der Waals surface area (Å²) in [7, 11) is 0. The third kappa shape index (κ3) is 5.74. The number of hydrogen-bond donors (Lipinski definition) is 1. The molecule has 29 heavy (non-hydrogen) atoms. The molecule has 1 amide bonds. The lowest BCUT2D eigenvalue weighted by molar-refractivity contribution is -0.141. The molecular weight excluding hydrogens is 407 g/mol. The first kappa shape index (κ1) is 20.7. The number of rotatable bonds is 7. The van der Waals surface area contributed by atoms with Crippen molar-refractivity contribution in [1.29, 1.82) is 0 Å². The fraction of sp³-hybridized carbons (Fsp3) is 0.211. The molecule has 0 aliphatic carbocycles. The van der Waals surface area contributed by atoms with Crippen molar-refractivity contribution in [2.45, 2.75) is 18.3 Å². The van der Waals surface area contributed by atoms with Crippen LogP contribution < -0.4 is 10.1 Å². The highest BCUT2D eigenvalue weighted by molar-refractivity contribution is 7.99. The van der Waals surface area contributed by atoms with Gasteiger partial charge in [-0.05, 0) is 49.4 Å². The Morgan fingerprint density at radius 3 is 2.59 bits per heavy atom. The summed E-state index contributed by atoms with van der Waals surface area (Å²) in [6, 6.07) is 10.6. The first-order valence-electron chi connectivity index (χ1n) is 8.51. The zero-order valence-corrected chi connectivity index (χ0v) is 16.0. The van der Waals surface area contributed by atoms with E-state index in [1.165, 1.54) is 12.3 Å². The second-order valence-corrected chi connectivity index (χ2v) is 6.63. The number of benzene rings is 1. The van der Waals surface area contributed by atoms with Gasteiger partial charge in [-0.25, -0.2) is 9.97 Å². The average Bonchev–Trinajstić information content (AvgIpc) is 3.22. The second-order valence-electron chi connectivity index (χ2n) is 5.69. The van der Waals surface area contributed by atoms with Gasteiger partial charge in [0.15, 0.2) is 10.9 Å². The van der Waals surface area contributed by atoms with Crippen LogP contribution in [0.3, 0.4) is 0 Å². The third-order valence-electron chi connectivity index (χ3n) is 3.55. The van der Waals surface area contributed by atoms with Crippen LogP contribution in [0, 0.1) is 0 Å². The molecule has 0 unspecified atom stereocenters. The molecule has 0 bridgehead atoms. The fourth-order valence-corrected chi connectivity index (χ4v) is 2.97. The predicted octanol–water partition coefficient (Wildman–Crippen LogP) is 4.88. The lowest BCUT2D eigenvalue weighted by Crippen LogP contribution is -2.15. The number of nitrogens with zero attached hydrogens (tertiary/aromatic N) is 2. The van der Waals surface area contributed by atoms with E-state index in [0.29, 0.717) is 18.0 Å². The summed E-state index contributed by atoms with van der Waals surface area (Å²) in [4.78, 5) is 19.7. The number of anilines is 1. The fourth-order valence-electron chi connectivity index (χ4n) is 2.31. The Kier molecular flexibility index (Phi) is 6.42. The largest absolute Gasteiger partial charge is 0.494 e. The average molecular weight is 423 g/mol. The van der Waals surface area contributed by atoms with E-state index in [1.54, 1.807) is 30.3 Å². The van der Waals surface area contributed by atoms with Crippen LogP contribution in [0.1, 0.15) is 12.6 Å². The Balaban J connectivity index is 1.69. The van der Waals surface area contributed by atoms with Crippen molar-refractivity contribution >= 4 is 23.4 Å². The molecule has 152 valence electrons. The van der Waals surface area contributed by atoms with Crippen LogP contribution in [0.4, 0.5) is 18.9 Å². The number of hydrogen-bond acceptors (Lipinski definition) is 6. The maximum Gasteiger partial charge on any atom is 0.433 e. The van der Waals surface area contributed by atoms with Crippen LogP contribution in [0.15, 0.2) is 58.3 Å². The molecule has 0 fully saturated rings. The number of thioether (sulfide) groups is 1. The molecule has 10 heteroatoms. The maximum atomic E-state index is 13.1. The van der Waals surface area contributed by atoms with Gasteiger partial charge in [0, 0.05) is 5.69 Å². The number of carbonyl (C=O) groups is 1. The van der Waals surface area contributed by atoms with E-state index in [2.05, 4.69) is 15.3 Å². The quantitative estimate of drug-likeness (QED) is 0.431. The number of alkyl halides is 3. The number of carbonyl (C=O) groups excluding carboxylic acids is 1. The summed E-state index contributed by atoms with van der Waals surface area (Å²) in [6.45, 7) is 2.39. The lowest BCUT2D eigenvalue weighted by atomic mass is 10.2. The maximum absolute atomic E-state index is 13.1. The molecular formula is C19H16F3N3O3S. The molecule has 3 aromatic rings. The lowest BCUT2D eigenvalue weighted by Gasteiger charge is -2.10. The normalized spacial score (nSPS) is 11.3. The number of halogens is 3. The van der Waals surface area contributed by atoms with Gasteiger partial charge < -0.3 is 14.5 Å². The molecule has 6 nitrogen and oxygen atoms in total. The van der Waals surface area contributed by atoms with Gasteiger partial charge in [-0.1, -0.05) is 11.8 Å². The minimum absolute atomic E-state index is 0.00764. The van der Waals surface area contributed by atoms with E-state index in [-0.39, 0.29) is 22.4 Å². The standard InChI is InChI=1S/C19H16F3N3O3S/c1-2-27-13-7-5-12(6-8-13)23-17(26)11-29-18-24-14(15-4-3-9-28-15)10-16(25-18)19(20,21)22/h3-10H,2,11H2,1H3,(H,23,26). The van der Waals surface area contributed by atoms with E-state index in [4.69, 9.17) is 9.15 Å². The summed E-state index contributed by atoms with van der Waals surface area (Å²) in [5, 5.41) is 2.48. The highest BCUT2D eigenvalue weighted by Crippen LogP contribution is 2.32. The van der Waals surface area contributed by atoms with E-state index < -0.39 is 17.8 Å². The summed E-state index contributed by atoms with van der Waals surface area (Å²) in [5.41, 5.74) is -0.569. The van der Waals surface area contributed by atoms with Crippen LogP contribution >= 0.6 is 11.8 Å². The molecule has 0 aliphatic rings. The SMILES string of the molecule is CCOc1ccc(NC(=O)CSc2nc(-c3ccco3)cc(C(F)(F)F)n2)cc1. The smallest absolute Gasteiger partial charge is 0.433 e. The summed E-state index contributed by atoms with van der Waals surface area (Å²) in [5.74, 6) is 0.285. The monoisotopic (exact) mass is 423 g/mol. The minimum atomic E-state index is -4.65. The number of ether oxygens (including phenoxy) is 1. The Hall–Kier alpha value is -3.01. The Morgan fingerprint density at radius 2 is 1.97 bits per heavy atom. The van der Waals surface area contributed by atoms with Crippen LogP contribution in [-0.2, 0) is 11.0 Å². The molecule has 0 aliphatic heterocycles. The van der Waals surface area contributed by atoms with Gasteiger partial charge in [0.25, 0.3) is 0 Å². The van der Waals surface area contributed by atoms with E-state index in [9.17, 15) is 18.0 Å². The topological polar surface area (TPSA) is 77.2 Å². The van der Waals surface area contributed by atoms with E-state index in [0.717, 1.165) is 17.8 Å². The van der Waals surface area contributed by atoms with Gasteiger partial charge in [0.1, 0.15) is 17.1 Å². The number of amides is 1. The molecule has 1 N–H and O–H groups in total. The second kappa shape index (κ2) is 8.99. The van der Waals surface area contributed by atoms with Crippen LogP contribution in [-0.4, -0.2) is 28.2 Å². The molecule has 0 radical (unpaired) electrons. The summed E-state index contributed by atoms with van der Waals surface area (Å²) >= 11 is 0.800. The predicted molar refractivity (Wildman–Crippen MR) is 102 cm³/mol. The highest BCUT2D eigenvalue weighted by Gasteiger charge is 2.34. The van der Waals surface area contributed by atoms with Crippen molar-refractivity contribution in [3.8, 4) is 17.2 Å². The van der Waals surface area contributed by atoms with E-state index in [1.807, 2.05) is 6.92 Å². The zero-order valence-electron chi connectivity index (χ0n) is 15.2. The molecule has 1 aromatic carbocycles. The van der Waals surface area contributed by atoms with Gasteiger partial charge in [-0.3, -0.25) is 4.79 Å². The van der Waals surface area contributed by atoms with E-state index >= 15 is 0 Å². The van der Waals surface area contributed by atoms with Crippen LogP contribution in [0.25, 0.3) is 11.5 Å². The Morgan fingerprint density at radius 1 is 1.21 bits per heavy atom. The first-order chi connectivity index (χ1) is 13.8. The summed E-state index contributed by atoms with van der Waals surface area (Å²) < 4.78 is 49.9. The molecule has 0 spiro atoms. The van der Waals surface area contributed by atoms with Crippen molar-refractivity contribution in [2.24, 2.45) is 0 Å². The number of aromatic nitrogens is 2. The van der Waals surface area contributed by atoms with Crippen LogP contribution in [0.5, 0.6) is 5.75 Å². The molecule has 0 saturated heterocycles. The molecule has 2 aromatic heterocycles. The van der Waals surface area contributed by atoms with Crippen molar-refractivity contribution in [1.82, 2.24) is 9.97 Å². The minimum Gasteiger partial charge on any atom is -0.494 e. The zero-order chi connectivity index (χ0) is 20.9. The number of nitrogens with one attached hydrogen (secondary N) is 1. The summed E-state index contributed by atoms with van der Waals surface area (Å²) in [6.07, 6.45) is -3.31.